The molecule has 0 radical (unpaired) electrons. The van der Waals surface area contributed by atoms with Gasteiger partial charge in [0.2, 0.25) is 0 Å². The van der Waals surface area contributed by atoms with E-state index in [9.17, 15) is 52.8 Å². The van der Waals surface area contributed by atoms with E-state index in [1.54, 1.807) is 24.3 Å². The van der Waals surface area contributed by atoms with Gasteiger partial charge in [-0.3, -0.25) is 9.68 Å². The van der Waals surface area contributed by atoms with Crippen LogP contribution in [0.15, 0.2) is 107 Å². The number of nitrogens with zero attached hydrogens (tertiary/aromatic N) is 2. The number of hydrogen-bond acceptors (Lipinski definition) is 8. The number of alkyl halides is 6. The Hall–Kier alpha value is -5.18. The summed E-state index contributed by atoms with van der Waals surface area (Å²) in [5, 5.41) is 4.58. The van der Waals surface area contributed by atoms with Crippen LogP contribution in [0.3, 0.4) is 0 Å². The molecule has 0 aliphatic rings. The van der Waals surface area contributed by atoms with Crippen molar-refractivity contribution in [1.82, 2.24) is 8.94 Å². The number of anilines is 2. The van der Waals surface area contributed by atoms with E-state index < -0.39 is 65.4 Å². The lowest BCUT2D eigenvalue weighted by molar-refractivity contribution is -0.138. The van der Waals surface area contributed by atoms with Gasteiger partial charge in [-0.2, -0.15) is 43.2 Å². The highest BCUT2D eigenvalue weighted by Gasteiger charge is 2.36. The number of carbonyl (C=O) groups is 2. The van der Waals surface area contributed by atoms with E-state index in [1.807, 2.05) is 0 Å². The molecule has 272 valence electrons. The second-order valence-electron chi connectivity index (χ2n) is 10.3. The molecule has 4 aromatic rings. The van der Waals surface area contributed by atoms with E-state index in [-0.39, 0.29) is 20.3 Å². The maximum absolute atomic E-state index is 13.1. The molecule has 0 saturated heterocycles. The van der Waals surface area contributed by atoms with Crippen molar-refractivity contribution < 1.29 is 62.4 Å². The summed E-state index contributed by atoms with van der Waals surface area (Å²) in [5.74, 6) is 0. The van der Waals surface area contributed by atoms with Crippen molar-refractivity contribution >= 4 is 43.5 Å². The Bertz CT molecular complexity index is 1960. The van der Waals surface area contributed by atoms with E-state index in [0.717, 1.165) is 38.5 Å². The zero-order valence-corrected chi connectivity index (χ0v) is 27.8. The molecule has 2 N–H and O–H groups in total. The number of urea groups is 2. The number of hydrogen-bond donors (Lipinski definition) is 2. The third-order valence-electron chi connectivity index (χ3n) is 6.84. The molecule has 12 nitrogen and oxygen atoms in total. The lowest BCUT2D eigenvalue weighted by atomic mass is 10.0. The lowest BCUT2D eigenvalue weighted by Gasteiger charge is -2.20. The summed E-state index contributed by atoms with van der Waals surface area (Å²) >= 11 is 0. The predicted molar refractivity (Wildman–Crippen MR) is 169 cm³/mol. The number of nitrogens with one attached hydrogen (secondary N) is 2. The first-order valence-corrected chi connectivity index (χ1v) is 17.0. The highest BCUT2D eigenvalue weighted by molar-refractivity contribution is 7.89. The molecule has 0 aromatic heterocycles. The van der Waals surface area contributed by atoms with Gasteiger partial charge in [-0.15, -0.1) is 0 Å². The van der Waals surface area contributed by atoms with Crippen LogP contribution in [0.2, 0.25) is 0 Å². The molecule has 0 atom stereocenters. The standard InChI is InChI=1S/C31H26F6N4O8S2/c1-48-40(50(44,45)26-7-3-5-22(18-26)30(32,33)34)28(42)38-24-13-9-20(10-14-24)17-21-11-15-25(16-12-21)39-29(43)41(49-2)51(46,47)27-8-4-6-23(19-27)31(35,36)37/h3-16,18-19H,17H2,1-2H3,(H,38,42)(H,39,43). The van der Waals surface area contributed by atoms with Gasteiger partial charge in [0, 0.05) is 11.4 Å². The molecule has 0 spiro atoms. The van der Waals surface area contributed by atoms with Gasteiger partial charge < -0.3 is 10.6 Å². The van der Waals surface area contributed by atoms with Gasteiger partial charge in [0.25, 0.3) is 20.0 Å². The second-order valence-corrected chi connectivity index (χ2v) is 13.8. The molecule has 51 heavy (non-hydrogen) atoms. The SMILES string of the molecule is CON(C(=O)Nc1ccc(Cc2ccc(NC(=O)N(OC)S(=O)(=O)c3cccc(C(F)(F)F)c3)cc2)cc1)S(=O)(=O)c1cccc(C(F)(F)F)c1. The van der Waals surface area contributed by atoms with Crippen molar-refractivity contribution in [2.75, 3.05) is 24.9 Å². The van der Waals surface area contributed by atoms with E-state index >= 15 is 0 Å². The lowest BCUT2D eigenvalue weighted by Crippen LogP contribution is -2.39. The molecule has 0 bridgehead atoms. The molecule has 4 aromatic carbocycles. The minimum atomic E-state index is -4.85. The third-order valence-corrected chi connectivity index (χ3v) is 10.0. The Morgan fingerprint density at radius 2 is 0.922 bits per heavy atom. The van der Waals surface area contributed by atoms with Gasteiger partial charge in [0.1, 0.15) is 0 Å². The minimum Gasteiger partial charge on any atom is -0.305 e. The van der Waals surface area contributed by atoms with Crippen molar-refractivity contribution in [2.24, 2.45) is 0 Å². The van der Waals surface area contributed by atoms with Crippen LogP contribution in [0, 0.1) is 0 Å². The average Bonchev–Trinajstić information content (AvgIpc) is 3.06. The van der Waals surface area contributed by atoms with Crippen molar-refractivity contribution in [1.29, 1.82) is 0 Å². The minimum absolute atomic E-state index is 0.0939. The van der Waals surface area contributed by atoms with Gasteiger partial charge >= 0.3 is 24.4 Å². The fourth-order valence-electron chi connectivity index (χ4n) is 4.42. The highest BCUT2D eigenvalue weighted by atomic mass is 32.2. The number of rotatable bonds is 10. The number of halogens is 6. The van der Waals surface area contributed by atoms with Gasteiger partial charge in [0.05, 0.1) is 35.1 Å². The molecular weight excluding hydrogens is 734 g/mol. The number of sulfonamides is 2. The van der Waals surface area contributed by atoms with E-state index in [4.69, 9.17) is 0 Å². The van der Waals surface area contributed by atoms with E-state index in [1.165, 1.54) is 24.3 Å². The number of amides is 4. The van der Waals surface area contributed by atoms with Crippen LogP contribution < -0.4 is 10.6 Å². The zero-order valence-electron chi connectivity index (χ0n) is 26.2. The molecule has 0 fully saturated rings. The maximum atomic E-state index is 13.1. The molecule has 4 rings (SSSR count). The van der Waals surface area contributed by atoms with Crippen LogP contribution in [-0.4, -0.2) is 52.1 Å². The monoisotopic (exact) mass is 760 g/mol. The summed E-state index contributed by atoms with van der Waals surface area (Å²) in [4.78, 5) is 33.2. The summed E-state index contributed by atoms with van der Waals surface area (Å²) in [6, 6.07) is 15.0. The Balaban J connectivity index is 1.39. The molecule has 4 amide bonds. The van der Waals surface area contributed by atoms with Crippen LogP contribution in [0.1, 0.15) is 22.3 Å². The second kappa shape index (κ2) is 15.0. The summed E-state index contributed by atoms with van der Waals surface area (Å²) in [5.41, 5.74) is -0.853. The molecule has 0 saturated carbocycles. The summed E-state index contributed by atoms with van der Waals surface area (Å²) in [6.07, 6.45) is -9.35. The van der Waals surface area contributed by atoms with E-state index in [2.05, 4.69) is 20.3 Å². The summed E-state index contributed by atoms with van der Waals surface area (Å²) < 4.78 is 130. The van der Waals surface area contributed by atoms with Crippen LogP contribution in [0.5, 0.6) is 0 Å². The van der Waals surface area contributed by atoms with Crippen molar-refractivity contribution in [2.45, 2.75) is 28.6 Å². The zero-order chi connectivity index (χ0) is 37.8. The first-order chi connectivity index (χ1) is 23.8. The normalized spacial score (nSPS) is 12.2. The Labute approximate surface area is 287 Å². The van der Waals surface area contributed by atoms with Gasteiger partial charge in [-0.25, -0.2) is 9.59 Å². The third kappa shape index (κ3) is 9.14. The average molecular weight is 761 g/mol. The van der Waals surface area contributed by atoms with Crippen molar-refractivity contribution in [3.05, 3.63) is 119 Å². The number of carbonyl (C=O) groups excluding carboxylic acids is 2. The molecule has 20 heteroatoms. The van der Waals surface area contributed by atoms with Crippen molar-refractivity contribution in [3.8, 4) is 0 Å². The molecule has 0 aliphatic heterocycles. The Morgan fingerprint density at radius 3 is 1.22 bits per heavy atom. The number of hydroxylamine groups is 2. The van der Waals surface area contributed by atoms with Gasteiger partial charge in [-0.1, -0.05) is 45.3 Å². The number of benzene rings is 4. The summed E-state index contributed by atoms with van der Waals surface area (Å²) in [7, 11) is -8.00. The topological polar surface area (TPSA) is 151 Å². The molecule has 0 aliphatic carbocycles. The van der Waals surface area contributed by atoms with E-state index in [0.29, 0.717) is 41.8 Å². The fourth-order valence-corrected chi connectivity index (χ4v) is 6.78. The van der Waals surface area contributed by atoms with Crippen LogP contribution in [-0.2, 0) is 48.5 Å². The fraction of sp³-hybridized carbons (Fsp3) is 0.161. The van der Waals surface area contributed by atoms with Crippen molar-refractivity contribution in [3.63, 3.8) is 0 Å². The highest BCUT2D eigenvalue weighted by Crippen LogP contribution is 2.32. The van der Waals surface area contributed by atoms with Gasteiger partial charge in [0.15, 0.2) is 0 Å². The smallest absolute Gasteiger partial charge is 0.305 e. The predicted octanol–water partition coefficient (Wildman–Crippen LogP) is 6.88. The Morgan fingerprint density at radius 1 is 0.588 bits per heavy atom. The Kier molecular flexibility index (Phi) is 11.3. The molecular formula is C31H26F6N4O8S2. The largest absolute Gasteiger partial charge is 0.416 e. The summed E-state index contributed by atoms with van der Waals surface area (Å²) in [6.45, 7) is 0. The molecule has 0 unspecified atom stereocenters. The maximum Gasteiger partial charge on any atom is 0.416 e. The molecule has 0 heterocycles. The van der Waals surface area contributed by atoms with Crippen LogP contribution >= 0.6 is 0 Å². The van der Waals surface area contributed by atoms with Crippen LogP contribution in [0.25, 0.3) is 0 Å². The first-order valence-electron chi connectivity index (χ1n) is 14.1. The first kappa shape index (κ1) is 38.6. The quantitative estimate of drug-likeness (QED) is 0.131. The van der Waals surface area contributed by atoms with Crippen LogP contribution in [0.4, 0.5) is 47.3 Å². The van der Waals surface area contributed by atoms with Gasteiger partial charge in [-0.05, 0) is 78.2 Å².